The van der Waals surface area contributed by atoms with Crippen molar-refractivity contribution in [2.75, 3.05) is 27.8 Å². The van der Waals surface area contributed by atoms with Crippen LogP contribution < -0.4 is 32.1 Å². The van der Waals surface area contributed by atoms with E-state index < -0.39 is 0 Å². The summed E-state index contributed by atoms with van der Waals surface area (Å²) in [5.74, 6) is 1.35. The van der Waals surface area contributed by atoms with Crippen LogP contribution in [0.5, 0.6) is 0 Å². The number of nitrogens with zero attached hydrogens (tertiary/aromatic N) is 3. The first-order valence-electron chi connectivity index (χ1n) is 15.2. The minimum Gasteiger partial charge on any atom is -0.354 e. The zero-order valence-electron chi connectivity index (χ0n) is 25.2. The maximum Gasteiger partial charge on any atom is 0.242 e. The Morgan fingerprint density at radius 3 is 2.22 bits per heavy atom. The van der Waals surface area contributed by atoms with Gasteiger partial charge in [-0.2, -0.15) is 15.0 Å². The number of para-hydroxylation sites is 1. The molecule has 0 spiro atoms. The van der Waals surface area contributed by atoms with Gasteiger partial charge in [0.15, 0.2) is 5.11 Å². The predicted molar refractivity (Wildman–Crippen MR) is 181 cm³/mol. The molecule has 1 aliphatic carbocycles. The van der Waals surface area contributed by atoms with Crippen molar-refractivity contribution in [2.24, 2.45) is 5.92 Å². The Morgan fingerprint density at radius 1 is 0.822 bits per heavy atom. The van der Waals surface area contributed by atoms with Gasteiger partial charge in [0.05, 0.1) is 6.42 Å². The molecule has 45 heavy (non-hydrogen) atoms. The van der Waals surface area contributed by atoms with Crippen molar-refractivity contribution in [3.63, 3.8) is 0 Å². The molecule has 1 amide bonds. The molecule has 1 fully saturated rings. The monoisotopic (exact) mass is 627 g/mol. The van der Waals surface area contributed by atoms with Crippen LogP contribution in [0, 0.1) is 18.7 Å². The van der Waals surface area contributed by atoms with Crippen LogP contribution in [0.3, 0.4) is 0 Å². The summed E-state index contributed by atoms with van der Waals surface area (Å²) >= 11 is 5.29. The molecule has 3 aromatic carbocycles. The van der Waals surface area contributed by atoms with Crippen LogP contribution in [0.4, 0.5) is 33.6 Å². The summed E-state index contributed by atoms with van der Waals surface area (Å²) in [4.78, 5) is 26.2. The minimum atomic E-state index is -0.279. The highest BCUT2D eigenvalue weighted by atomic mass is 32.1. The van der Waals surface area contributed by atoms with Crippen molar-refractivity contribution in [2.45, 2.75) is 52.0 Å². The fourth-order valence-corrected chi connectivity index (χ4v) is 5.22. The van der Waals surface area contributed by atoms with Crippen molar-refractivity contribution in [3.05, 3.63) is 95.3 Å². The molecule has 1 aromatic heterocycles. The summed E-state index contributed by atoms with van der Waals surface area (Å²) < 4.78 is 13.3. The third-order valence-corrected chi connectivity index (χ3v) is 7.76. The standard InChI is InChI=1S/C33H38FN9OS/c1-22-7-5-6-10-28(22)38-33(45)43-42-29(44)19-23-13-17-27(18-14-23)37-32-40-30(35-20-24-8-3-2-4-9-24)39-31(41-32)36-21-25-11-15-26(34)16-12-25/h5-7,10-18,24H,2-4,8-9,19-21H2,1H3,(H,42,44)(H2,38,43,45)(H3,35,36,37,39,40,41). The zero-order chi connectivity index (χ0) is 31.4. The van der Waals surface area contributed by atoms with Gasteiger partial charge in [-0.25, -0.2) is 4.39 Å². The molecule has 4 aromatic rings. The van der Waals surface area contributed by atoms with Crippen LogP contribution in [0.25, 0.3) is 0 Å². The largest absolute Gasteiger partial charge is 0.354 e. The third-order valence-electron chi connectivity index (χ3n) is 7.56. The molecule has 1 saturated carbocycles. The van der Waals surface area contributed by atoms with Gasteiger partial charge in [-0.15, -0.1) is 0 Å². The molecule has 1 aliphatic rings. The van der Waals surface area contributed by atoms with Gasteiger partial charge >= 0.3 is 0 Å². The number of hydrogen-bond donors (Lipinski definition) is 6. The van der Waals surface area contributed by atoms with E-state index in [1.165, 1.54) is 44.2 Å². The van der Waals surface area contributed by atoms with Crippen LogP contribution in [-0.2, 0) is 17.8 Å². The van der Waals surface area contributed by atoms with Gasteiger partial charge in [0.25, 0.3) is 0 Å². The lowest BCUT2D eigenvalue weighted by molar-refractivity contribution is -0.121. The van der Waals surface area contributed by atoms with E-state index in [0.29, 0.717) is 35.4 Å². The van der Waals surface area contributed by atoms with Crippen LogP contribution in [0.2, 0.25) is 0 Å². The lowest BCUT2D eigenvalue weighted by Gasteiger charge is -2.21. The quantitative estimate of drug-likeness (QED) is 0.0842. The van der Waals surface area contributed by atoms with Gasteiger partial charge in [0.2, 0.25) is 23.8 Å². The Kier molecular flexibility index (Phi) is 11.1. The van der Waals surface area contributed by atoms with E-state index in [4.69, 9.17) is 12.2 Å². The van der Waals surface area contributed by atoms with E-state index in [1.807, 2.05) is 55.5 Å². The number of thiocarbonyl (C=S) groups is 1. The number of halogens is 1. The maximum atomic E-state index is 13.3. The van der Waals surface area contributed by atoms with Crippen molar-refractivity contribution >= 4 is 52.5 Å². The molecule has 10 nitrogen and oxygen atoms in total. The molecular formula is C33H38FN9OS. The molecule has 234 valence electrons. The highest BCUT2D eigenvalue weighted by molar-refractivity contribution is 7.80. The Labute approximate surface area is 268 Å². The molecule has 0 radical (unpaired) electrons. The second kappa shape index (κ2) is 15.8. The summed E-state index contributed by atoms with van der Waals surface area (Å²) in [6.07, 6.45) is 6.39. The molecule has 0 bridgehead atoms. The molecule has 1 heterocycles. The summed E-state index contributed by atoms with van der Waals surface area (Å²) in [7, 11) is 0. The smallest absolute Gasteiger partial charge is 0.242 e. The number of amides is 1. The second-order valence-corrected chi connectivity index (χ2v) is 11.5. The van der Waals surface area contributed by atoms with E-state index >= 15 is 0 Å². The van der Waals surface area contributed by atoms with Crippen LogP contribution in [0.15, 0.2) is 72.8 Å². The number of nitrogens with one attached hydrogen (secondary N) is 6. The first kappa shape index (κ1) is 31.6. The highest BCUT2D eigenvalue weighted by Crippen LogP contribution is 2.24. The number of hydrogen-bond acceptors (Lipinski definition) is 8. The van der Waals surface area contributed by atoms with Crippen LogP contribution in [0.1, 0.15) is 48.8 Å². The number of anilines is 5. The normalized spacial score (nSPS) is 13.0. The Bertz CT molecular complexity index is 1580. The predicted octanol–water partition coefficient (Wildman–Crippen LogP) is 6.23. The Balaban J connectivity index is 1.17. The lowest BCUT2D eigenvalue weighted by Crippen LogP contribution is -2.44. The number of carbonyl (C=O) groups excluding carboxylic acids is 1. The van der Waals surface area contributed by atoms with Gasteiger partial charge in [0, 0.05) is 24.5 Å². The minimum absolute atomic E-state index is 0.165. The van der Waals surface area contributed by atoms with Crippen molar-refractivity contribution < 1.29 is 9.18 Å². The highest BCUT2D eigenvalue weighted by Gasteiger charge is 2.15. The van der Waals surface area contributed by atoms with Gasteiger partial charge in [-0.1, -0.05) is 61.7 Å². The van der Waals surface area contributed by atoms with Gasteiger partial charge in [-0.3, -0.25) is 15.6 Å². The SMILES string of the molecule is Cc1ccccc1NC(=S)NNC(=O)Cc1ccc(Nc2nc(NCc3ccc(F)cc3)nc(NCC3CCCCC3)n2)cc1. The van der Waals surface area contributed by atoms with E-state index in [2.05, 4.69) is 47.1 Å². The topological polar surface area (TPSA) is 128 Å². The first-order chi connectivity index (χ1) is 21.9. The van der Waals surface area contributed by atoms with Gasteiger partial charge in [0.1, 0.15) is 5.82 Å². The zero-order valence-corrected chi connectivity index (χ0v) is 26.0. The molecule has 0 saturated heterocycles. The third kappa shape index (κ3) is 10.1. The molecule has 6 N–H and O–H groups in total. The van der Waals surface area contributed by atoms with Crippen molar-refractivity contribution in [1.82, 2.24) is 25.8 Å². The van der Waals surface area contributed by atoms with Crippen molar-refractivity contribution in [1.29, 1.82) is 0 Å². The fraction of sp³-hybridized carbons (Fsp3) is 0.303. The summed E-state index contributed by atoms with van der Waals surface area (Å²) in [5, 5.41) is 13.2. The Hall–Kier alpha value is -4.84. The number of aromatic nitrogens is 3. The molecule has 5 rings (SSSR count). The Morgan fingerprint density at radius 2 is 1.49 bits per heavy atom. The van der Waals surface area contributed by atoms with Crippen LogP contribution >= 0.6 is 12.2 Å². The number of aryl methyl sites for hydroxylation is 1. The average Bonchev–Trinajstić information content (AvgIpc) is 3.05. The first-order valence-corrected chi connectivity index (χ1v) is 15.6. The number of benzene rings is 3. The molecule has 0 unspecified atom stereocenters. The van der Waals surface area contributed by atoms with Crippen LogP contribution in [-0.4, -0.2) is 32.5 Å². The summed E-state index contributed by atoms with van der Waals surface area (Å²) in [6.45, 7) is 3.21. The molecule has 0 atom stereocenters. The van der Waals surface area contributed by atoms with Gasteiger partial charge in [-0.05, 0) is 84.9 Å². The van der Waals surface area contributed by atoms with E-state index in [-0.39, 0.29) is 18.1 Å². The fourth-order valence-electron chi connectivity index (χ4n) is 5.06. The van der Waals surface area contributed by atoms with Crippen molar-refractivity contribution in [3.8, 4) is 0 Å². The number of rotatable bonds is 11. The van der Waals surface area contributed by atoms with Gasteiger partial charge < -0.3 is 21.3 Å². The molecule has 12 heteroatoms. The second-order valence-electron chi connectivity index (χ2n) is 11.1. The van der Waals surface area contributed by atoms with E-state index in [1.54, 1.807) is 12.1 Å². The lowest BCUT2D eigenvalue weighted by atomic mass is 9.89. The number of carbonyl (C=O) groups is 1. The summed E-state index contributed by atoms with van der Waals surface area (Å²) in [5.41, 5.74) is 9.78. The molecule has 0 aliphatic heterocycles. The van der Waals surface area contributed by atoms with E-state index in [0.717, 1.165) is 34.6 Å². The summed E-state index contributed by atoms with van der Waals surface area (Å²) in [6, 6.07) is 21.5. The number of hydrazine groups is 1. The molecular weight excluding hydrogens is 589 g/mol. The van der Waals surface area contributed by atoms with E-state index in [9.17, 15) is 9.18 Å². The maximum absolute atomic E-state index is 13.3. The average molecular weight is 628 g/mol.